The molecule has 1 aliphatic rings. The molecule has 4 nitrogen and oxygen atoms in total. The third kappa shape index (κ3) is 3.01. The molecule has 0 saturated carbocycles. The summed E-state index contributed by atoms with van der Waals surface area (Å²) in [6, 6.07) is 6.17. The van der Waals surface area contributed by atoms with Crippen LogP contribution < -0.4 is 10.1 Å². The molecule has 0 bridgehead atoms. The molecule has 106 valence electrons. The Morgan fingerprint density at radius 3 is 2.89 bits per heavy atom. The van der Waals surface area contributed by atoms with Gasteiger partial charge >= 0.3 is 0 Å². The molecule has 1 heterocycles. The first-order chi connectivity index (χ1) is 9.17. The van der Waals surface area contributed by atoms with Crippen LogP contribution in [-0.4, -0.2) is 42.8 Å². The molecule has 1 aliphatic heterocycles. The molecule has 0 aliphatic carbocycles. The number of nitrogens with zero attached hydrogens (tertiary/aromatic N) is 1. The zero-order valence-electron chi connectivity index (χ0n) is 12.0. The Kier molecular flexibility index (Phi) is 4.66. The number of hydrogen-bond acceptors (Lipinski definition) is 4. The highest BCUT2D eigenvalue weighted by atomic mass is 16.5. The molecule has 1 aromatic carbocycles. The summed E-state index contributed by atoms with van der Waals surface area (Å²) in [5, 5.41) is 13.5. The smallest absolute Gasteiger partial charge is 0.120 e. The van der Waals surface area contributed by atoms with Crippen LogP contribution in [0.2, 0.25) is 0 Å². The summed E-state index contributed by atoms with van der Waals surface area (Å²) in [5.41, 5.74) is 0.938. The quantitative estimate of drug-likeness (QED) is 0.855. The maximum Gasteiger partial charge on any atom is 0.120 e. The Morgan fingerprint density at radius 1 is 1.53 bits per heavy atom. The second-order valence-corrected chi connectivity index (χ2v) is 5.08. The highest BCUT2D eigenvalue weighted by Gasteiger charge is 2.27. The number of likely N-dealkylation sites (N-methyl/N-ethyl adjacent to an activating group) is 1. The van der Waals surface area contributed by atoms with Crippen LogP contribution in [0.4, 0.5) is 0 Å². The van der Waals surface area contributed by atoms with Gasteiger partial charge in [-0.05, 0) is 44.6 Å². The summed E-state index contributed by atoms with van der Waals surface area (Å²) < 4.78 is 5.26. The maximum absolute atomic E-state index is 10.1. The van der Waals surface area contributed by atoms with Gasteiger partial charge in [0, 0.05) is 24.2 Å². The summed E-state index contributed by atoms with van der Waals surface area (Å²) in [5.74, 6) is 1.14. The van der Waals surface area contributed by atoms with Crippen LogP contribution in [0.15, 0.2) is 18.2 Å². The second kappa shape index (κ2) is 6.26. The molecule has 2 rings (SSSR count). The molecule has 2 N–H and O–H groups in total. The number of methoxy groups -OCH3 is 1. The largest absolute Gasteiger partial charge is 0.508 e. The van der Waals surface area contributed by atoms with E-state index in [1.165, 1.54) is 6.42 Å². The van der Waals surface area contributed by atoms with Crippen molar-refractivity contribution >= 4 is 0 Å². The van der Waals surface area contributed by atoms with Crippen molar-refractivity contribution in [2.24, 2.45) is 0 Å². The van der Waals surface area contributed by atoms with Gasteiger partial charge < -0.3 is 15.2 Å². The SMILES string of the molecule is CCN(C1CCNC1)C(C)c1cc(OC)ccc1O. The van der Waals surface area contributed by atoms with Crippen LogP contribution >= 0.6 is 0 Å². The number of aromatic hydroxyl groups is 1. The first kappa shape index (κ1) is 14.2. The van der Waals surface area contributed by atoms with E-state index in [2.05, 4.69) is 24.1 Å². The number of phenols is 1. The zero-order chi connectivity index (χ0) is 13.8. The number of ether oxygens (including phenoxy) is 1. The van der Waals surface area contributed by atoms with E-state index in [-0.39, 0.29) is 6.04 Å². The Hall–Kier alpha value is -1.26. The second-order valence-electron chi connectivity index (χ2n) is 5.08. The standard InChI is InChI=1S/C15H24N2O2/c1-4-17(12-7-8-16-10-12)11(2)14-9-13(19-3)5-6-15(14)18/h5-6,9,11-12,16,18H,4,7-8,10H2,1-3H3. The van der Waals surface area contributed by atoms with Gasteiger partial charge in [0.2, 0.25) is 0 Å². The Bertz CT molecular complexity index is 417. The van der Waals surface area contributed by atoms with E-state index in [1.807, 2.05) is 6.07 Å². The summed E-state index contributed by atoms with van der Waals surface area (Å²) in [4.78, 5) is 2.44. The molecule has 1 aromatic rings. The van der Waals surface area contributed by atoms with Gasteiger partial charge in [0.05, 0.1) is 7.11 Å². The van der Waals surface area contributed by atoms with Crippen LogP contribution in [0.25, 0.3) is 0 Å². The van der Waals surface area contributed by atoms with Gasteiger partial charge in [0.1, 0.15) is 11.5 Å². The van der Waals surface area contributed by atoms with Gasteiger partial charge in [0.15, 0.2) is 0 Å². The molecule has 1 fully saturated rings. The molecule has 0 radical (unpaired) electrons. The Balaban J connectivity index is 2.23. The predicted molar refractivity (Wildman–Crippen MR) is 76.7 cm³/mol. The molecular weight excluding hydrogens is 240 g/mol. The van der Waals surface area contributed by atoms with Gasteiger partial charge in [-0.2, -0.15) is 0 Å². The van der Waals surface area contributed by atoms with Crippen molar-refractivity contribution in [1.29, 1.82) is 0 Å². The lowest BCUT2D eigenvalue weighted by atomic mass is 10.0. The zero-order valence-corrected chi connectivity index (χ0v) is 12.0. The van der Waals surface area contributed by atoms with Gasteiger partial charge in [0.25, 0.3) is 0 Å². The summed E-state index contributed by atoms with van der Waals surface area (Å²) in [6.45, 7) is 7.41. The molecule has 2 atom stereocenters. The number of nitrogens with one attached hydrogen (secondary N) is 1. The Morgan fingerprint density at radius 2 is 2.32 bits per heavy atom. The van der Waals surface area contributed by atoms with Crippen molar-refractivity contribution in [2.45, 2.75) is 32.4 Å². The minimum atomic E-state index is 0.185. The minimum absolute atomic E-state index is 0.185. The van der Waals surface area contributed by atoms with E-state index in [0.717, 1.165) is 30.9 Å². The van der Waals surface area contributed by atoms with Crippen molar-refractivity contribution in [3.63, 3.8) is 0 Å². The fourth-order valence-electron chi connectivity index (χ4n) is 2.94. The van der Waals surface area contributed by atoms with Gasteiger partial charge in [-0.3, -0.25) is 4.90 Å². The maximum atomic E-state index is 10.1. The fraction of sp³-hybridized carbons (Fsp3) is 0.600. The lowest BCUT2D eigenvalue weighted by Crippen LogP contribution is -2.38. The highest BCUT2D eigenvalue weighted by Crippen LogP contribution is 2.33. The molecular formula is C15H24N2O2. The first-order valence-electron chi connectivity index (χ1n) is 7.00. The number of rotatable bonds is 5. The van der Waals surface area contributed by atoms with E-state index in [1.54, 1.807) is 19.2 Å². The predicted octanol–water partition coefficient (Wildman–Crippen LogP) is 2.15. The third-order valence-electron chi connectivity index (χ3n) is 4.05. The number of phenolic OH excluding ortho intramolecular Hbond substituents is 1. The normalized spacial score (nSPS) is 20.7. The van der Waals surface area contributed by atoms with Crippen molar-refractivity contribution in [3.05, 3.63) is 23.8 Å². The molecule has 19 heavy (non-hydrogen) atoms. The molecule has 0 spiro atoms. The monoisotopic (exact) mass is 264 g/mol. The van der Waals surface area contributed by atoms with Crippen LogP contribution in [0, 0.1) is 0 Å². The topological polar surface area (TPSA) is 44.7 Å². The van der Waals surface area contributed by atoms with E-state index >= 15 is 0 Å². The van der Waals surface area contributed by atoms with E-state index < -0.39 is 0 Å². The van der Waals surface area contributed by atoms with Crippen molar-refractivity contribution in [2.75, 3.05) is 26.7 Å². The van der Waals surface area contributed by atoms with Crippen LogP contribution in [0.5, 0.6) is 11.5 Å². The number of hydrogen-bond donors (Lipinski definition) is 2. The molecule has 0 amide bonds. The van der Waals surface area contributed by atoms with Crippen molar-refractivity contribution < 1.29 is 9.84 Å². The molecule has 2 unspecified atom stereocenters. The van der Waals surface area contributed by atoms with Gasteiger partial charge in [-0.15, -0.1) is 0 Å². The third-order valence-corrected chi connectivity index (χ3v) is 4.05. The summed E-state index contributed by atoms with van der Waals surface area (Å²) in [6.07, 6.45) is 1.17. The summed E-state index contributed by atoms with van der Waals surface area (Å²) in [7, 11) is 1.65. The van der Waals surface area contributed by atoms with Gasteiger partial charge in [-0.1, -0.05) is 6.92 Å². The summed E-state index contributed by atoms with van der Waals surface area (Å²) >= 11 is 0. The van der Waals surface area contributed by atoms with E-state index in [0.29, 0.717) is 11.8 Å². The lowest BCUT2D eigenvalue weighted by molar-refractivity contribution is 0.160. The van der Waals surface area contributed by atoms with E-state index in [4.69, 9.17) is 4.74 Å². The van der Waals surface area contributed by atoms with Gasteiger partial charge in [-0.25, -0.2) is 0 Å². The van der Waals surface area contributed by atoms with Crippen molar-refractivity contribution in [3.8, 4) is 11.5 Å². The Labute approximate surface area is 115 Å². The average Bonchev–Trinajstić information content (AvgIpc) is 2.94. The fourth-order valence-corrected chi connectivity index (χ4v) is 2.94. The van der Waals surface area contributed by atoms with Crippen LogP contribution in [0.3, 0.4) is 0 Å². The van der Waals surface area contributed by atoms with E-state index in [9.17, 15) is 5.11 Å². The average molecular weight is 264 g/mol. The molecule has 4 heteroatoms. The molecule has 0 aromatic heterocycles. The molecule has 1 saturated heterocycles. The first-order valence-corrected chi connectivity index (χ1v) is 7.00. The highest BCUT2D eigenvalue weighted by molar-refractivity contribution is 5.41. The van der Waals surface area contributed by atoms with Crippen molar-refractivity contribution in [1.82, 2.24) is 10.2 Å². The lowest BCUT2D eigenvalue weighted by Gasteiger charge is -2.33. The minimum Gasteiger partial charge on any atom is -0.508 e. The number of benzene rings is 1. The van der Waals surface area contributed by atoms with Crippen LogP contribution in [-0.2, 0) is 0 Å². The van der Waals surface area contributed by atoms with Crippen LogP contribution in [0.1, 0.15) is 31.9 Å².